The fourth-order valence-corrected chi connectivity index (χ4v) is 2.33. The highest BCUT2D eigenvalue weighted by atomic mass is 79.9. The van der Waals surface area contributed by atoms with Crippen molar-refractivity contribution in [2.75, 3.05) is 5.73 Å². The third-order valence-corrected chi connectivity index (χ3v) is 3.53. The molecule has 0 aliphatic rings. The first kappa shape index (κ1) is 11.7. The van der Waals surface area contributed by atoms with Gasteiger partial charge in [-0.15, -0.1) is 0 Å². The van der Waals surface area contributed by atoms with Crippen molar-refractivity contribution in [3.63, 3.8) is 0 Å². The lowest BCUT2D eigenvalue weighted by atomic mass is 10.0. The van der Waals surface area contributed by atoms with Crippen LogP contribution in [-0.4, -0.2) is 4.98 Å². The van der Waals surface area contributed by atoms with Gasteiger partial charge in [0, 0.05) is 9.86 Å². The molecule has 0 fully saturated rings. The normalized spacial score (nSPS) is 11.3. The van der Waals surface area contributed by atoms with Crippen LogP contribution in [0.25, 0.3) is 10.9 Å². The minimum Gasteiger partial charge on any atom is -0.383 e. The first-order valence-electron chi connectivity index (χ1n) is 5.05. The van der Waals surface area contributed by atoms with Gasteiger partial charge in [0.25, 0.3) is 0 Å². The lowest BCUT2D eigenvalue weighted by Gasteiger charge is -2.11. The van der Waals surface area contributed by atoms with Gasteiger partial charge in [0.15, 0.2) is 0 Å². The molecule has 4 heteroatoms. The molecule has 0 amide bonds. The van der Waals surface area contributed by atoms with Crippen LogP contribution in [0.2, 0.25) is 5.02 Å². The highest BCUT2D eigenvalue weighted by molar-refractivity contribution is 9.10. The monoisotopic (exact) mass is 298 g/mol. The van der Waals surface area contributed by atoms with Crippen LogP contribution in [0.1, 0.15) is 25.3 Å². The summed E-state index contributed by atoms with van der Waals surface area (Å²) in [5.41, 5.74) is 7.78. The van der Waals surface area contributed by atoms with Gasteiger partial charge in [-0.05, 0) is 45.6 Å². The summed E-state index contributed by atoms with van der Waals surface area (Å²) < 4.78 is 0.911. The van der Waals surface area contributed by atoms with Gasteiger partial charge in [0.1, 0.15) is 5.82 Å². The van der Waals surface area contributed by atoms with Crippen molar-refractivity contribution in [2.45, 2.75) is 19.8 Å². The lowest BCUT2D eigenvalue weighted by molar-refractivity contribution is 0.866. The fraction of sp³-hybridized carbons (Fsp3) is 0.250. The summed E-state index contributed by atoms with van der Waals surface area (Å²) >= 11 is 9.61. The molecule has 2 nitrogen and oxygen atoms in total. The maximum atomic E-state index is 6.16. The van der Waals surface area contributed by atoms with E-state index in [4.69, 9.17) is 17.3 Å². The van der Waals surface area contributed by atoms with Gasteiger partial charge in [0.05, 0.1) is 10.5 Å². The smallest absolute Gasteiger partial charge is 0.127 e. The topological polar surface area (TPSA) is 38.9 Å². The highest BCUT2D eigenvalue weighted by Crippen LogP contribution is 2.33. The Kier molecular flexibility index (Phi) is 3.08. The van der Waals surface area contributed by atoms with Gasteiger partial charge in [-0.2, -0.15) is 0 Å². The van der Waals surface area contributed by atoms with E-state index in [0.29, 0.717) is 16.8 Å². The molecule has 1 heterocycles. The molecule has 0 saturated carbocycles. The van der Waals surface area contributed by atoms with Crippen LogP contribution in [0.4, 0.5) is 5.82 Å². The average Bonchev–Trinajstić information content (AvgIpc) is 2.23. The van der Waals surface area contributed by atoms with Gasteiger partial charge in [-0.25, -0.2) is 4.98 Å². The van der Waals surface area contributed by atoms with E-state index in [1.165, 1.54) is 0 Å². The molecule has 2 aromatic rings. The van der Waals surface area contributed by atoms with E-state index in [0.717, 1.165) is 20.9 Å². The zero-order valence-corrected chi connectivity index (χ0v) is 11.4. The molecule has 16 heavy (non-hydrogen) atoms. The van der Waals surface area contributed by atoms with Crippen LogP contribution in [0.3, 0.4) is 0 Å². The Balaban J connectivity index is 2.84. The molecule has 84 valence electrons. The summed E-state index contributed by atoms with van der Waals surface area (Å²) in [5.74, 6) is 0.914. The van der Waals surface area contributed by atoms with E-state index >= 15 is 0 Å². The molecule has 1 aromatic carbocycles. The van der Waals surface area contributed by atoms with Gasteiger partial charge < -0.3 is 5.73 Å². The molecule has 0 aliphatic heterocycles. The van der Waals surface area contributed by atoms with E-state index in [-0.39, 0.29) is 0 Å². The first-order valence-corrected chi connectivity index (χ1v) is 6.22. The minimum atomic E-state index is 0.340. The number of pyridine rings is 1. The van der Waals surface area contributed by atoms with Crippen molar-refractivity contribution in [1.29, 1.82) is 0 Å². The van der Waals surface area contributed by atoms with E-state index in [2.05, 4.69) is 34.8 Å². The van der Waals surface area contributed by atoms with Crippen molar-refractivity contribution in [3.05, 3.63) is 33.3 Å². The number of fused-ring (bicyclic) bond motifs is 1. The SMILES string of the molecule is CC(C)c1cc2c(Cl)ccc(Br)c2nc1N. The number of aromatic nitrogens is 1. The predicted molar refractivity (Wildman–Crippen MR) is 73.0 cm³/mol. The average molecular weight is 300 g/mol. The Morgan fingerprint density at radius 1 is 1.38 bits per heavy atom. The number of nitrogens with two attached hydrogens (primary N) is 1. The van der Waals surface area contributed by atoms with Gasteiger partial charge in [-0.3, -0.25) is 0 Å². The van der Waals surface area contributed by atoms with Crippen LogP contribution >= 0.6 is 27.5 Å². The number of hydrogen-bond donors (Lipinski definition) is 1. The van der Waals surface area contributed by atoms with E-state index < -0.39 is 0 Å². The van der Waals surface area contributed by atoms with Crippen molar-refractivity contribution < 1.29 is 0 Å². The van der Waals surface area contributed by atoms with Crippen molar-refractivity contribution >= 4 is 44.3 Å². The number of nitrogens with zero attached hydrogens (tertiary/aromatic N) is 1. The van der Waals surface area contributed by atoms with Crippen LogP contribution in [-0.2, 0) is 0 Å². The van der Waals surface area contributed by atoms with Gasteiger partial charge in [0.2, 0.25) is 0 Å². The number of hydrogen-bond acceptors (Lipinski definition) is 2. The van der Waals surface area contributed by atoms with Crippen LogP contribution in [0, 0.1) is 0 Å². The highest BCUT2D eigenvalue weighted by Gasteiger charge is 2.11. The largest absolute Gasteiger partial charge is 0.383 e. The van der Waals surface area contributed by atoms with Crippen LogP contribution in [0.15, 0.2) is 22.7 Å². The Labute approximate surface area is 108 Å². The van der Waals surface area contributed by atoms with E-state index in [1.807, 2.05) is 18.2 Å². The first-order chi connectivity index (χ1) is 7.50. The molecule has 0 radical (unpaired) electrons. The molecule has 0 unspecified atom stereocenters. The Morgan fingerprint density at radius 2 is 2.06 bits per heavy atom. The fourth-order valence-electron chi connectivity index (χ4n) is 1.68. The second kappa shape index (κ2) is 4.22. The van der Waals surface area contributed by atoms with Gasteiger partial charge >= 0.3 is 0 Å². The molecular formula is C12H12BrClN2. The summed E-state index contributed by atoms with van der Waals surface area (Å²) in [6.45, 7) is 4.18. The predicted octanol–water partition coefficient (Wildman–Crippen LogP) is 4.36. The minimum absolute atomic E-state index is 0.340. The molecule has 0 saturated heterocycles. The second-order valence-corrected chi connectivity index (χ2v) is 5.30. The van der Waals surface area contributed by atoms with E-state index in [9.17, 15) is 0 Å². The molecule has 1 aromatic heterocycles. The zero-order chi connectivity index (χ0) is 11.9. The lowest BCUT2D eigenvalue weighted by Crippen LogP contribution is -2.00. The number of anilines is 1. The molecule has 0 spiro atoms. The molecule has 2 rings (SSSR count). The van der Waals surface area contributed by atoms with Crippen LogP contribution < -0.4 is 5.73 Å². The zero-order valence-electron chi connectivity index (χ0n) is 9.09. The number of halogens is 2. The number of rotatable bonds is 1. The standard InChI is InChI=1S/C12H12BrClN2/c1-6(2)7-5-8-10(14)4-3-9(13)11(8)16-12(7)15/h3-6H,1-2H3,(H2,15,16). The third-order valence-electron chi connectivity index (χ3n) is 2.56. The molecule has 0 atom stereocenters. The molecular weight excluding hydrogens is 288 g/mol. The Hall–Kier alpha value is -0.800. The Bertz CT molecular complexity index is 552. The molecule has 0 aliphatic carbocycles. The Morgan fingerprint density at radius 3 is 2.69 bits per heavy atom. The molecule has 2 N–H and O–H groups in total. The van der Waals surface area contributed by atoms with Crippen molar-refractivity contribution in [1.82, 2.24) is 4.98 Å². The second-order valence-electron chi connectivity index (χ2n) is 4.04. The molecule has 0 bridgehead atoms. The maximum absolute atomic E-state index is 6.16. The summed E-state index contributed by atoms with van der Waals surface area (Å²) in [5, 5.41) is 1.64. The maximum Gasteiger partial charge on any atom is 0.127 e. The number of benzene rings is 1. The van der Waals surface area contributed by atoms with Crippen molar-refractivity contribution in [2.24, 2.45) is 0 Å². The summed E-state index contributed by atoms with van der Waals surface area (Å²) in [7, 11) is 0. The quantitative estimate of drug-likeness (QED) is 0.850. The number of nitrogen functional groups attached to an aromatic ring is 1. The summed E-state index contributed by atoms with van der Waals surface area (Å²) in [6.07, 6.45) is 0. The van der Waals surface area contributed by atoms with Gasteiger partial charge in [-0.1, -0.05) is 25.4 Å². The summed E-state index contributed by atoms with van der Waals surface area (Å²) in [4.78, 5) is 4.40. The van der Waals surface area contributed by atoms with E-state index in [1.54, 1.807) is 0 Å². The summed E-state index contributed by atoms with van der Waals surface area (Å²) in [6, 6.07) is 5.76. The van der Waals surface area contributed by atoms with Crippen molar-refractivity contribution in [3.8, 4) is 0 Å². The third kappa shape index (κ3) is 1.89. The van der Waals surface area contributed by atoms with Crippen LogP contribution in [0.5, 0.6) is 0 Å².